The van der Waals surface area contributed by atoms with Gasteiger partial charge in [0, 0.05) is 5.69 Å². The molecule has 3 aromatic rings. The fourth-order valence-corrected chi connectivity index (χ4v) is 5.22. The Hall–Kier alpha value is -2.84. The van der Waals surface area contributed by atoms with Crippen molar-refractivity contribution >= 4 is 31.4 Å². The van der Waals surface area contributed by atoms with Crippen molar-refractivity contribution in [3.63, 3.8) is 0 Å². The summed E-state index contributed by atoms with van der Waals surface area (Å²) in [5.41, 5.74) is 3.20. The molecular formula is C21H22N2O4S2. The monoisotopic (exact) mass is 430 g/mol. The van der Waals surface area contributed by atoms with E-state index < -0.39 is 20.0 Å². The van der Waals surface area contributed by atoms with Crippen LogP contribution in [0, 0.1) is 13.8 Å². The number of hydrogen-bond donors (Lipinski definition) is 2. The third kappa shape index (κ3) is 5.36. The molecule has 0 spiro atoms. The third-order valence-corrected chi connectivity index (χ3v) is 7.05. The number of aryl methyl sites for hydroxylation is 2. The van der Waals surface area contributed by atoms with E-state index in [1.54, 1.807) is 24.3 Å². The van der Waals surface area contributed by atoms with E-state index in [0.717, 1.165) is 11.1 Å². The first kappa shape index (κ1) is 20.9. The van der Waals surface area contributed by atoms with Crippen LogP contribution in [-0.4, -0.2) is 16.8 Å². The van der Waals surface area contributed by atoms with Gasteiger partial charge in [-0.05, 0) is 60.9 Å². The number of nitrogens with one attached hydrogen (secondary N) is 2. The van der Waals surface area contributed by atoms with E-state index in [1.165, 1.54) is 24.3 Å². The SMILES string of the molecule is Cc1ccccc1CS(=O)(=O)Nc1ccc(S(=O)(=O)Nc2ccccc2C)cc1. The highest BCUT2D eigenvalue weighted by Gasteiger charge is 2.17. The second kappa shape index (κ2) is 8.26. The third-order valence-electron chi connectivity index (χ3n) is 4.43. The van der Waals surface area contributed by atoms with Crippen LogP contribution in [0.5, 0.6) is 0 Å². The lowest BCUT2D eigenvalue weighted by Crippen LogP contribution is -2.16. The van der Waals surface area contributed by atoms with Gasteiger partial charge in [0.15, 0.2) is 0 Å². The lowest BCUT2D eigenvalue weighted by molar-refractivity contribution is 0.599. The van der Waals surface area contributed by atoms with Gasteiger partial charge in [-0.2, -0.15) is 0 Å². The number of anilines is 2. The largest absolute Gasteiger partial charge is 0.283 e. The Balaban J connectivity index is 1.74. The number of benzene rings is 3. The summed E-state index contributed by atoms with van der Waals surface area (Å²) < 4.78 is 55.1. The van der Waals surface area contributed by atoms with Crippen LogP contribution in [-0.2, 0) is 25.8 Å². The van der Waals surface area contributed by atoms with Crippen LogP contribution in [0.2, 0.25) is 0 Å². The zero-order valence-corrected chi connectivity index (χ0v) is 17.7. The van der Waals surface area contributed by atoms with Crippen LogP contribution >= 0.6 is 0 Å². The molecule has 0 fully saturated rings. The lowest BCUT2D eigenvalue weighted by atomic mass is 10.1. The standard InChI is InChI=1S/C21H22N2O4S2/c1-16-7-3-5-9-18(16)15-28(24,25)22-19-11-13-20(14-12-19)29(26,27)23-21-10-6-4-8-17(21)2/h3-14,22-23H,15H2,1-2H3. The molecule has 3 rings (SSSR count). The Morgan fingerprint density at radius 3 is 1.90 bits per heavy atom. The topological polar surface area (TPSA) is 92.3 Å². The Morgan fingerprint density at radius 1 is 0.690 bits per heavy atom. The van der Waals surface area contributed by atoms with E-state index in [4.69, 9.17) is 0 Å². The fourth-order valence-electron chi connectivity index (χ4n) is 2.79. The van der Waals surface area contributed by atoms with E-state index in [9.17, 15) is 16.8 Å². The van der Waals surface area contributed by atoms with E-state index in [2.05, 4.69) is 9.44 Å². The van der Waals surface area contributed by atoms with E-state index >= 15 is 0 Å². The van der Waals surface area contributed by atoms with Crippen molar-refractivity contribution in [3.05, 3.63) is 89.5 Å². The molecule has 0 unspecified atom stereocenters. The normalized spacial score (nSPS) is 11.8. The molecule has 0 bridgehead atoms. The minimum Gasteiger partial charge on any atom is -0.283 e. The highest BCUT2D eigenvalue weighted by atomic mass is 32.2. The van der Waals surface area contributed by atoms with Gasteiger partial charge >= 0.3 is 0 Å². The Labute approximate surface area is 171 Å². The van der Waals surface area contributed by atoms with Crippen LogP contribution in [0.15, 0.2) is 77.7 Å². The molecule has 6 nitrogen and oxygen atoms in total. The van der Waals surface area contributed by atoms with Gasteiger partial charge in [-0.3, -0.25) is 9.44 Å². The Kier molecular flexibility index (Phi) is 5.95. The highest BCUT2D eigenvalue weighted by molar-refractivity contribution is 7.92. The molecule has 0 aliphatic rings. The second-order valence-electron chi connectivity index (χ2n) is 6.73. The van der Waals surface area contributed by atoms with Gasteiger partial charge in [0.2, 0.25) is 10.0 Å². The average molecular weight is 431 g/mol. The van der Waals surface area contributed by atoms with Gasteiger partial charge in [-0.15, -0.1) is 0 Å². The summed E-state index contributed by atoms with van der Waals surface area (Å²) in [7, 11) is -7.41. The first-order chi connectivity index (χ1) is 13.7. The van der Waals surface area contributed by atoms with Gasteiger partial charge in [0.05, 0.1) is 16.3 Å². The molecule has 0 aliphatic carbocycles. The van der Waals surface area contributed by atoms with Crippen molar-refractivity contribution in [1.29, 1.82) is 0 Å². The predicted octanol–water partition coefficient (Wildman–Crippen LogP) is 4.05. The van der Waals surface area contributed by atoms with Gasteiger partial charge in [0.1, 0.15) is 0 Å². The van der Waals surface area contributed by atoms with Gasteiger partial charge in [0.25, 0.3) is 10.0 Å². The predicted molar refractivity (Wildman–Crippen MR) is 116 cm³/mol. The van der Waals surface area contributed by atoms with Crippen LogP contribution in [0.25, 0.3) is 0 Å². The molecular weight excluding hydrogens is 408 g/mol. The van der Waals surface area contributed by atoms with Crippen molar-refractivity contribution in [2.24, 2.45) is 0 Å². The number of para-hydroxylation sites is 1. The quantitative estimate of drug-likeness (QED) is 0.592. The van der Waals surface area contributed by atoms with Crippen LogP contribution < -0.4 is 9.44 Å². The van der Waals surface area contributed by atoms with Crippen molar-refractivity contribution in [1.82, 2.24) is 0 Å². The summed E-state index contributed by atoms with van der Waals surface area (Å²) in [6, 6.07) is 19.9. The summed E-state index contributed by atoms with van der Waals surface area (Å²) in [6.07, 6.45) is 0. The molecule has 0 radical (unpaired) electrons. The van der Waals surface area contributed by atoms with Crippen LogP contribution in [0.4, 0.5) is 11.4 Å². The van der Waals surface area contributed by atoms with Gasteiger partial charge in [-0.1, -0.05) is 42.5 Å². The van der Waals surface area contributed by atoms with Gasteiger partial charge in [-0.25, -0.2) is 16.8 Å². The van der Waals surface area contributed by atoms with Crippen molar-refractivity contribution in [2.75, 3.05) is 9.44 Å². The molecule has 0 heterocycles. The molecule has 0 amide bonds. The Morgan fingerprint density at radius 2 is 1.28 bits per heavy atom. The smallest absolute Gasteiger partial charge is 0.261 e. The molecule has 0 saturated heterocycles. The number of rotatable bonds is 7. The number of sulfonamides is 2. The lowest BCUT2D eigenvalue weighted by Gasteiger charge is -2.12. The highest BCUT2D eigenvalue weighted by Crippen LogP contribution is 2.21. The molecule has 3 aromatic carbocycles. The summed E-state index contributed by atoms with van der Waals surface area (Å²) >= 11 is 0. The summed E-state index contributed by atoms with van der Waals surface area (Å²) in [5, 5.41) is 0. The van der Waals surface area contributed by atoms with Crippen LogP contribution in [0.3, 0.4) is 0 Å². The maximum Gasteiger partial charge on any atom is 0.261 e. The van der Waals surface area contributed by atoms with E-state index in [0.29, 0.717) is 16.9 Å². The summed E-state index contributed by atoms with van der Waals surface area (Å²) in [5.74, 6) is -0.158. The maximum absolute atomic E-state index is 12.6. The molecule has 2 N–H and O–H groups in total. The maximum atomic E-state index is 12.6. The molecule has 152 valence electrons. The minimum atomic E-state index is -3.78. The van der Waals surface area contributed by atoms with E-state index in [1.807, 2.05) is 38.1 Å². The molecule has 0 aromatic heterocycles. The molecule has 29 heavy (non-hydrogen) atoms. The zero-order valence-electron chi connectivity index (χ0n) is 16.1. The summed E-state index contributed by atoms with van der Waals surface area (Å²) in [4.78, 5) is 0.0441. The first-order valence-corrected chi connectivity index (χ1v) is 12.0. The fraction of sp³-hybridized carbons (Fsp3) is 0.143. The molecule has 0 atom stereocenters. The van der Waals surface area contributed by atoms with Crippen molar-refractivity contribution in [3.8, 4) is 0 Å². The Bertz CT molecular complexity index is 1220. The number of hydrogen-bond acceptors (Lipinski definition) is 4. The van der Waals surface area contributed by atoms with Gasteiger partial charge < -0.3 is 0 Å². The minimum absolute atomic E-state index is 0.0441. The molecule has 0 saturated carbocycles. The first-order valence-electron chi connectivity index (χ1n) is 8.90. The molecule has 8 heteroatoms. The van der Waals surface area contributed by atoms with Crippen molar-refractivity contribution < 1.29 is 16.8 Å². The van der Waals surface area contributed by atoms with E-state index in [-0.39, 0.29) is 10.6 Å². The van der Waals surface area contributed by atoms with Crippen LogP contribution in [0.1, 0.15) is 16.7 Å². The van der Waals surface area contributed by atoms with Crippen molar-refractivity contribution in [2.45, 2.75) is 24.5 Å². The average Bonchev–Trinajstić information content (AvgIpc) is 2.65. The zero-order chi connectivity index (χ0) is 21.1. The molecule has 0 aliphatic heterocycles. The second-order valence-corrected chi connectivity index (χ2v) is 10.1. The summed E-state index contributed by atoms with van der Waals surface area (Å²) in [6.45, 7) is 3.66.